The lowest BCUT2D eigenvalue weighted by molar-refractivity contribution is 0.178. The van der Waals surface area contributed by atoms with Gasteiger partial charge in [-0.3, -0.25) is 0 Å². The molecule has 0 saturated heterocycles. The Hall–Kier alpha value is -1.87. The molecule has 2 aromatic rings. The predicted octanol–water partition coefficient (Wildman–Crippen LogP) is 3.42. The van der Waals surface area contributed by atoms with Crippen molar-refractivity contribution in [2.24, 2.45) is 0 Å². The fourth-order valence-corrected chi connectivity index (χ4v) is 2.01. The molecule has 0 aromatic heterocycles. The second kappa shape index (κ2) is 5.85. The van der Waals surface area contributed by atoms with Gasteiger partial charge in [-0.05, 0) is 41.8 Å². The van der Waals surface area contributed by atoms with Crippen LogP contribution in [0.15, 0.2) is 42.5 Å². The van der Waals surface area contributed by atoms with Crippen molar-refractivity contribution in [2.45, 2.75) is 19.4 Å². The molecule has 2 aromatic carbocycles. The lowest BCUT2D eigenvalue weighted by Crippen LogP contribution is -2.02. The molecule has 0 spiro atoms. The summed E-state index contributed by atoms with van der Waals surface area (Å²) >= 11 is 0. The molecule has 0 radical (unpaired) electrons. The number of methoxy groups -OCH3 is 1. The van der Waals surface area contributed by atoms with Crippen molar-refractivity contribution in [3.05, 3.63) is 65.0 Å². The molecule has 0 aliphatic heterocycles. The maximum Gasteiger partial charge on any atom is 0.123 e. The number of aliphatic hydroxyl groups excluding tert-OH is 1. The molecule has 0 heterocycles. The quantitative estimate of drug-likeness (QED) is 0.912. The topological polar surface area (TPSA) is 29.5 Å². The third-order valence-electron chi connectivity index (χ3n) is 3.16. The standard InChI is InChI=1S/C16H17FO2/c1-11-3-6-13(10-16(11)19-2)15(18)9-12-4-7-14(17)8-5-12/h3-8,10,15,18H,9H2,1-2H3. The van der Waals surface area contributed by atoms with E-state index in [0.717, 1.165) is 22.4 Å². The summed E-state index contributed by atoms with van der Waals surface area (Å²) in [6, 6.07) is 11.8. The highest BCUT2D eigenvalue weighted by Crippen LogP contribution is 2.25. The maximum atomic E-state index is 12.8. The molecule has 0 aliphatic rings. The van der Waals surface area contributed by atoms with Gasteiger partial charge in [-0.25, -0.2) is 4.39 Å². The molecule has 0 saturated carbocycles. The van der Waals surface area contributed by atoms with Crippen LogP contribution in [-0.4, -0.2) is 12.2 Å². The van der Waals surface area contributed by atoms with E-state index >= 15 is 0 Å². The smallest absolute Gasteiger partial charge is 0.123 e. The van der Waals surface area contributed by atoms with Gasteiger partial charge in [0.2, 0.25) is 0 Å². The number of ether oxygens (including phenoxy) is 1. The summed E-state index contributed by atoms with van der Waals surface area (Å²) in [6.07, 6.45) is -0.174. The van der Waals surface area contributed by atoms with Crippen LogP contribution in [0.2, 0.25) is 0 Å². The average Bonchev–Trinajstić information content (AvgIpc) is 2.42. The van der Waals surface area contributed by atoms with Crippen molar-refractivity contribution < 1.29 is 14.2 Å². The number of halogens is 1. The van der Waals surface area contributed by atoms with Crippen molar-refractivity contribution in [3.8, 4) is 5.75 Å². The Morgan fingerprint density at radius 3 is 2.47 bits per heavy atom. The molecule has 100 valence electrons. The van der Waals surface area contributed by atoms with E-state index in [2.05, 4.69) is 0 Å². The van der Waals surface area contributed by atoms with Gasteiger partial charge >= 0.3 is 0 Å². The van der Waals surface area contributed by atoms with Crippen LogP contribution in [0.25, 0.3) is 0 Å². The fraction of sp³-hybridized carbons (Fsp3) is 0.250. The minimum absolute atomic E-state index is 0.268. The first-order valence-electron chi connectivity index (χ1n) is 6.17. The van der Waals surface area contributed by atoms with Gasteiger partial charge in [-0.2, -0.15) is 0 Å². The largest absolute Gasteiger partial charge is 0.496 e. The summed E-state index contributed by atoms with van der Waals surface area (Å²) in [5.41, 5.74) is 2.72. The lowest BCUT2D eigenvalue weighted by Gasteiger charge is -2.13. The number of aliphatic hydroxyl groups is 1. The zero-order chi connectivity index (χ0) is 13.8. The molecule has 0 bridgehead atoms. The van der Waals surface area contributed by atoms with Gasteiger partial charge in [-0.1, -0.05) is 24.3 Å². The highest BCUT2D eigenvalue weighted by molar-refractivity contribution is 5.37. The minimum atomic E-state index is -0.625. The van der Waals surface area contributed by atoms with Crippen molar-refractivity contribution in [2.75, 3.05) is 7.11 Å². The van der Waals surface area contributed by atoms with E-state index in [-0.39, 0.29) is 5.82 Å². The van der Waals surface area contributed by atoms with Crippen LogP contribution >= 0.6 is 0 Å². The molecule has 2 nitrogen and oxygen atoms in total. The molecule has 3 heteroatoms. The molecule has 2 rings (SSSR count). The van der Waals surface area contributed by atoms with Crippen LogP contribution in [0.1, 0.15) is 22.8 Å². The van der Waals surface area contributed by atoms with Crippen molar-refractivity contribution in [1.29, 1.82) is 0 Å². The average molecular weight is 260 g/mol. The summed E-state index contributed by atoms with van der Waals surface area (Å²) in [5.74, 6) is 0.492. The molecule has 0 fully saturated rings. The summed E-state index contributed by atoms with van der Waals surface area (Å²) in [7, 11) is 1.61. The van der Waals surface area contributed by atoms with Crippen LogP contribution in [0.5, 0.6) is 5.75 Å². The second-order valence-corrected chi connectivity index (χ2v) is 4.58. The van der Waals surface area contributed by atoms with Gasteiger partial charge in [0.05, 0.1) is 13.2 Å². The minimum Gasteiger partial charge on any atom is -0.496 e. The van der Waals surface area contributed by atoms with E-state index in [0.29, 0.717) is 6.42 Å². The van der Waals surface area contributed by atoms with E-state index in [1.54, 1.807) is 19.2 Å². The Morgan fingerprint density at radius 2 is 1.84 bits per heavy atom. The monoisotopic (exact) mass is 260 g/mol. The van der Waals surface area contributed by atoms with E-state index < -0.39 is 6.10 Å². The normalized spacial score (nSPS) is 12.2. The molecular formula is C16H17FO2. The van der Waals surface area contributed by atoms with Crippen LogP contribution in [0, 0.1) is 12.7 Å². The predicted molar refractivity (Wildman–Crippen MR) is 72.8 cm³/mol. The first kappa shape index (κ1) is 13.6. The van der Waals surface area contributed by atoms with Crippen molar-refractivity contribution in [3.63, 3.8) is 0 Å². The molecule has 0 aliphatic carbocycles. The second-order valence-electron chi connectivity index (χ2n) is 4.58. The lowest BCUT2D eigenvalue weighted by atomic mass is 10.00. The molecular weight excluding hydrogens is 243 g/mol. The molecule has 0 amide bonds. The highest BCUT2D eigenvalue weighted by Gasteiger charge is 2.11. The third kappa shape index (κ3) is 3.32. The van der Waals surface area contributed by atoms with Gasteiger partial charge in [0, 0.05) is 6.42 Å². The Labute approximate surface area is 112 Å². The number of benzene rings is 2. The Morgan fingerprint density at radius 1 is 1.16 bits per heavy atom. The van der Waals surface area contributed by atoms with Gasteiger partial charge in [0.15, 0.2) is 0 Å². The third-order valence-corrected chi connectivity index (χ3v) is 3.16. The number of rotatable bonds is 4. The molecule has 19 heavy (non-hydrogen) atoms. The van der Waals surface area contributed by atoms with Crippen molar-refractivity contribution >= 4 is 0 Å². The summed E-state index contributed by atoms with van der Waals surface area (Å²) in [4.78, 5) is 0. The van der Waals surface area contributed by atoms with E-state index in [1.165, 1.54) is 12.1 Å². The summed E-state index contributed by atoms with van der Waals surface area (Å²) in [6.45, 7) is 1.95. The zero-order valence-electron chi connectivity index (χ0n) is 11.1. The number of hydrogen-bond donors (Lipinski definition) is 1. The first-order valence-corrected chi connectivity index (χ1v) is 6.17. The van der Waals surface area contributed by atoms with Crippen molar-refractivity contribution in [1.82, 2.24) is 0 Å². The Kier molecular flexibility index (Phi) is 4.17. The Bertz CT molecular complexity index is 549. The first-order chi connectivity index (χ1) is 9.10. The van der Waals surface area contributed by atoms with Crippen LogP contribution < -0.4 is 4.74 Å². The molecule has 1 atom stereocenters. The van der Waals surface area contributed by atoms with E-state index in [4.69, 9.17) is 4.74 Å². The van der Waals surface area contributed by atoms with Crippen LogP contribution in [0.3, 0.4) is 0 Å². The van der Waals surface area contributed by atoms with E-state index in [9.17, 15) is 9.50 Å². The van der Waals surface area contributed by atoms with Gasteiger partial charge < -0.3 is 9.84 Å². The maximum absolute atomic E-state index is 12.8. The Balaban J connectivity index is 2.15. The highest BCUT2D eigenvalue weighted by atomic mass is 19.1. The SMILES string of the molecule is COc1cc(C(O)Cc2ccc(F)cc2)ccc1C. The number of hydrogen-bond acceptors (Lipinski definition) is 2. The number of aryl methyl sites for hydroxylation is 1. The molecule has 1 N–H and O–H groups in total. The zero-order valence-corrected chi connectivity index (χ0v) is 11.1. The summed E-state index contributed by atoms with van der Waals surface area (Å²) < 4.78 is 18.1. The summed E-state index contributed by atoms with van der Waals surface area (Å²) in [5, 5.41) is 10.2. The van der Waals surface area contributed by atoms with E-state index in [1.807, 2.05) is 25.1 Å². The fourth-order valence-electron chi connectivity index (χ4n) is 2.01. The van der Waals surface area contributed by atoms with Crippen LogP contribution in [-0.2, 0) is 6.42 Å². The molecule has 1 unspecified atom stereocenters. The van der Waals surface area contributed by atoms with Gasteiger partial charge in [-0.15, -0.1) is 0 Å². The van der Waals surface area contributed by atoms with Gasteiger partial charge in [0.1, 0.15) is 11.6 Å². The van der Waals surface area contributed by atoms with Gasteiger partial charge in [0.25, 0.3) is 0 Å². The van der Waals surface area contributed by atoms with Crippen LogP contribution in [0.4, 0.5) is 4.39 Å².